The lowest BCUT2D eigenvalue weighted by molar-refractivity contribution is -0.384. The first-order valence-electron chi connectivity index (χ1n) is 11.3. The van der Waals surface area contributed by atoms with Crippen molar-refractivity contribution in [1.82, 2.24) is 0 Å². The molecule has 2 aromatic rings. The highest BCUT2D eigenvalue weighted by Gasteiger charge is 2.07. The quantitative estimate of drug-likeness (QED) is 0.124. The third-order valence-electron chi connectivity index (χ3n) is 5.00. The van der Waals surface area contributed by atoms with E-state index in [0.717, 1.165) is 24.9 Å². The molecule has 0 radical (unpaired) electrons. The minimum atomic E-state index is -0.429. The fourth-order valence-corrected chi connectivity index (χ4v) is 3.18. The van der Waals surface area contributed by atoms with E-state index in [0.29, 0.717) is 5.69 Å². The van der Waals surface area contributed by atoms with Crippen LogP contribution in [-0.4, -0.2) is 11.1 Å². The van der Waals surface area contributed by atoms with Gasteiger partial charge in [-0.25, -0.2) is 0 Å². The Balaban J connectivity index is 1.86. The fraction of sp³-hybridized carbons (Fsp3) is 0.500. The minimum Gasteiger partial charge on any atom is -0.258 e. The second-order valence-corrected chi connectivity index (χ2v) is 7.64. The van der Waals surface area contributed by atoms with Crippen LogP contribution in [0.5, 0.6) is 0 Å². The Morgan fingerprint density at radius 3 is 1.81 bits per heavy atom. The van der Waals surface area contributed by atoms with Gasteiger partial charge in [0, 0.05) is 12.1 Å². The van der Waals surface area contributed by atoms with Crippen molar-refractivity contribution in [3.8, 4) is 0 Å². The van der Waals surface area contributed by atoms with E-state index in [1.165, 1.54) is 57.1 Å². The van der Waals surface area contributed by atoms with Crippen molar-refractivity contribution in [1.29, 1.82) is 0 Å². The average molecular weight is 424 g/mol. The molecule has 0 aromatic heterocycles. The predicted octanol–water partition coefficient (Wildman–Crippen LogP) is 8.71. The molecule has 0 aliphatic carbocycles. The number of azo groups is 2. The molecule has 2 aromatic carbocycles. The van der Waals surface area contributed by atoms with E-state index in [1.807, 2.05) is 30.3 Å². The van der Waals surface area contributed by atoms with Gasteiger partial charge in [0.25, 0.3) is 5.69 Å². The number of unbranched alkanes of at least 4 members (excludes halogenated alkanes) is 8. The van der Waals surface area contributed by atoms with Crippen molar-refractivity contribution in [3.63, 3.8) is 0 Å². The number of nitro groups is 1. The summed E-state index contributed by atoms with van der Waals surface area (Å²) in [6.07, 6.45) is 11.7. The first-order chi connectivity index (χ1) is 15.2. The summed E-state index contributed by atoms with van der Waals surface area (Å²) in [7, 11) is 0. The predicted molar refractivity (Wildman–Crippen MR) is 124 cm³/mol. The Morgan fingerprint density at radius 2 is 1.26 bits per heavy atom. The Hall–Kier alpha value is -2.96. The molecule has 0 aliphatic heterocycles. The van der Waals surface area contributed by atoms with Gasteiger partial charge in [0.1, 0.15) is 0 Å². The lowest BCUT2D eigenvalue weighted by Gasteiger charge is -2.06. The van der Waals surface area contributed by atoms with Crippen LogP contribution < -0.4 is 0 Å². The van der Waals surface area contributed by atoms with Crippen LogP contribution in [0.2, 0.25) is 0 Å². The molecule has 0 spiro atoms. The SMILES string of the molecule is CCCCCCCCCCCC(N=Nc1ccccc1)N=Nc1ccc([N+](=O)[O-])cc1. The molecule has 7 nitrogen and oxygen atoms in total. The largest absolute Gasteiger partial charge is 0.269 e. The van der Waals surface area contributed by atoms with Crippen LogP contribution in [0.1, 0.15) is 71.1 Å². The van der Waals surface area contributed by atoms with Crippen LogP contribution >= 0.6 is 0 Å². The molecule has 2 rings (SSSR count). The maximum absolute atomic E-state index is 10.8. The number of non-ortho nitro benzene ring substituents is 1. The number of hydrogen-bond donors (Lipinski definition) is 0. The highest BCUT2D eigenvalue weighted by Crippen LogP contribution is 2.21. The Labute approximate surface area is 184 Å². The zero-order chi connectivity index (χ0) is 22.2. The second-order valence-electron chi connectivity index (χ2n) is 7.64. The van der Waals surface area contributed by atoms with Crippen molar-refractivity contribution in [2.45, 2.75) is 77.3 Å². The number of rotatable bonds is 15. The zero-order valence-corrected chi connectivity index (χ0v) is 18.4. The minimum absolute atomic E-state index is 0.0361. The molecular formula is C24H33N5O2. The van der Waals surface area contributed by atoms with Gasteiger partial charge in [-0.05, 0) is 37.1 Å². The van der Waals surface area contributed by atoms with Crippen LogP contribution in [0.4, 0.5) is 17.1 Å². The first-order valence-corrected chi connectivity index (χ1v) is 11.3. The van der Waals surface area contributed by atoms with Crippen LogP contribution in [0.25, 0.3) is 0 Å². The Morgan fingerprint density at radius 1 is 0.742 bits per heavy atom. The van der Waals surface area contributed by atoms with Gasteiger partial charge in [0.2, 0.25) is 0 Å². The summed E-state index contributed by atoms with van der Waals surface area (Å²) >= 11 is 0. The lowest BCUT2D eigenvalue weighted by Crippen LogP contribution is -1.98. The zero-order valence-electron chi connectivity index (χ0n) is 18.4. The molecule has 1 atom stereocenters. The van der Waals surface area contributed by atoms with Crippen molar-refractivity contribution < 1.29 is 4.92 Å². The monoisotopic (exact) mass is 423 g/mol. The van der Waals surface area contributed by atoms with Gasteiger partial charge in [-0.3, -0.25) is 10.1 Å². The summed E-state index contributed by atoms with van der Waals surface area (Å²) in [6.45, 7) is 2.24. The Kier molecular flexibility index (Phi) is 11.7. The molecule has 166 valence electrons. The van der Waals surface area contributed by atoms with Crippen LogP contribution in [0.3, 0.4) is 0 Å². The average Bonchev–Trinajstić information content (AvgIpc) is 2.80. The van der Waals surface area contributed by atoms with Gasteiger partial charge in [0.15, 0.2) is 6.17 Å². The fourth-order valence-electron chi connectivity index (χ4n) is 3.18. The maximum atomic E-state index is 10.8. The van der Waals surface area contributed by atoms with E-state index in [2.05, 4.69) is 27.4 Å². The van der Waals surface area contributed by atoms with Crippen molar-refractivity contribution in [2.75, 3.05) is 0 Å². The van der Waals surface area contributed by atoms with Crippen LogP contribution in [-0.2, 0) is 0 Å². The molecule has 0 saturated carbocycles. The van der Waals surface area contributed by atoms with Gasteiger partial charge >= 0.3 is 0 Å². The van der Waals surface area contributed by atoms with E-state index in [4.69, 9.17) is 0 Å². The number of benzene rings is 2. The summed E-state index contributed by atoms with van der Waals surface area (Å²) < 4.78 is 0. The van der Waals surface area contributed by atoms with Gasteiger partial charge in [0.05, 0.1) is 16.3 Å². The van der Waals surface area contributed by atoms with Crippen molar-refractivity contribution in [2.24, 2.45) is 20.5 Å². The van der Waals surface area contributed by atoms with Crippen LogP contribution in [0.15, 0.2) is 75.1 Å². The lowest BCUT2D eigenvalue weighted by atomic mass is 10.1. The number of nitrogens with zero attached hydrogens (tertiary/aromatic N) is 5. The third-order valence-corrected chi connectivity index (χ3v) is 5.00. The van der Waals surface area contributed by atoms with Gasteiger partial charge in [-0.15, -0.1) is 0 Å². The summed E-state index contributed by atoms with van der Waals surface area (Å²) in [5.74, 6) is 0. The van der Waals surface area contributed by atoms with E-state index < -0.39 is 4.92 Å². The number of nitro benzene ring substituents is 1. The van der Waals surface area contributed by atoms with Crippen molar-refractivity contribution in [3.05, 3.63) is 64.7 Å². The highest BCUT2D eigenvalue weighted by molar-refractivity contribution is 5.43. The topological polar surface area (TPSA) is 92.6 Å². The molecular weight excluding hydrogens is 390 g/mol. The molecule has 0 saturated heterocycles. The summed E-state index contributed by atoms with van der Waals surface area (Å²) in [5.41, 5.74) is 1.39. The molecule has 0 heterocycles. The van der Waals surface area contributed by atoms with Crippen LogP contribution in [0, 0.1) is 10.1 Å². The third kappa shape index (κ3) is 10.6. The van der Waals surface area contributed by atoms with E-state index in [1.54, 1.807) is 12.1 Å². The molecule has 0 amide bonds. The Bertz CT molecular complexity index is 806. The van der Waals surface area contributed by atoms with Gasteiger partial charge in [-0.2, -0.15) is 20.5 Å². The normalized spacial score (nSPS) is 12.5. The molecule has 7 heteroatoms. The number of hydrogen-bond acceptors (Lipinski definition) is 6. The highest BCUT2D eigenvalue weighted by atomic mass is 16.6. The molecule has 0 bridgehead atoms. The van der Waals surface area contributed by atoms with E-state index in [9.17, 15) is 10.1 Å². The molecule has 1 unspecified atom stereocenters. The smallest absolute Gasteiger partial charge is 0.258 e. The molecule has 31 heavy (non-hydrogen) atoms. The van der Waals surface area contributed by atoms with E-state index in [-0.39, 0.29) is 11.9 Å². The second kappa shape index (κ2) is 14.9. The molecule has 0 fully saturated rings. The summed E-state index contributed by atoms with van der Waals surface area (Å²) in [6, 6.07) is 15.6. The van der Waals surface area contributed by atoms with E-state index >= 15 is 0 Å². The summed E-state index contributed by atoms with van der Waals surface area (Å²) in [5, 5.41) is 28.0. The first kappa shape index (κ1) is 24.3. The molecule has 0 N–H and O–H groups in total. The van der Waals surface area contributed by atoms with Gasteiger partial charge in [-0.1, -0.05) is 76.5 Å². The maximum Gasteiger partial charge on any atom is 0.269 e. The van der Waals surface area contributed by atoms with Crippen molar-refractivity contribution >= 4 is 17.1 Å². The standard InChI is InChI=1S/C24H33N5O2/c1-2-3-4-5-6-7-8-9-13-16-24(27-25-21-14-11-10-12-15-21)28-26-22-17-19-23(20-18-22)29(30)31/h10-12,14-15,17-20,24H,2-9,13,16H2,1H3. The molecule has 0 aliphatic rings. The summed E-state index contributed by atoms with van der Waals surface area (Å²) in [4.78, 5) is 10.4. The van der Waals surface area contributed by atoms with Gasteiger partial charge < -0.3 is 0 Å².